The molecule has 2 aromatic rings. The third-order valence-corrected chi connectivity index (χ3v) is 4.14. The first-order valence-electron chi connectivity index (χ1n) is 8.23. The van der Waals surface area contributed by atoms with Crippen LogP contribution in [0.5, 0.6) is 11.5 Å². The molecule has 1 saturated heterocycles. The van der Waals surface area contributed by atoms with Crippen LogP contribution in [-0.2, 0) is 9.59 Å². The Labute approximate surface area is 164 Å². The smallest absolute Gasteiger partial charge is 0.335 e. The fraction of sp³-hybridized carbons (Fsp3) is 0.105. The molecule has 0 radical (unpaired) electrons. The third kappa shape index (κ3) is 3.76. The molecule has 0 atom stereocenters. The molecule has 10 heteroatoms. The Morgan fingerprint density at radius 2 is 1.72 bits per heavy atom. The van der Waals surface area contributed by atoms with Crippen LogP contribution in [0.4, 0.5) is 16.2 Å². The highest BCUT2D eigenvalue weighted by Gasteiger charge is 2.36. The minimum atomic E-state index is -0.900. The molecule has 0 aliphatic carbocycles. The predicted molar refractivity (Wildman–Crippen MR) is 102 cm³/mol. The first-order valence-corrected chi connectivity index (χ1v) is 8.23. The van der Waals surface area contributed by atoms with Gasteiger partial charge in [0.25, 0.3) is 11.8 Å². The standard InChI is InChI=1S/C19H15N3O7/c1-28-13-6-4-12(5-7-13)21-18(24)14(17(23)20-19(21)25)9-11-3-8-16(29-2)15(10-11)22(26)27/h3-10H,1-2H3,(H,20,23,25)/b14-9+. The topological polar surface area (TPSA) is 128 Å². The molecule has 0 unspecified atom stereocenters. The summed E-state index contributed by atoms with van der Waals surface area (Å²) in [7, 11) is 2.76. The van der Waals surface area contributed by atoms with Crippen LogP contribution in [0.1, 0.15) is 5.56 Å². The van der Waals surface area contributed by atoms with E-state index in [0.717, 1.165) is 4.90 Å². The number of barbiturate groups is 1. The number of nitrogens with one attached hydrogen (secondary N) is 1. The molecule has 1 aliphatic heterocycles. The van der Waals surface area contributed by atoms with E-state index in [1.165, 1.54) is 50.6 Å². The van der Waals surface area contributed by atoms with Gasteiger partial charge in [0.1, 0.15) is 11.3 Å². The highest BCUT2D eigenvalue weighted by Crippen LogP contribution is 2.29. The molecule has 4 amide bonds. The molecule has 0 spiro atoms. The lowest BCUT2D eigenvalue weighted by Gasteiger charge is -2.26. The van der Waals surface area contributed by atoms with Crippen molar-refractivity contribution in [1.82, 2.24) is 5.32 Å². The summed E-state index contributed by atoms with van der Waals surface area (Å²) in [4.78, 5) is 48.6. The quantitative estimate of drug-likeness (QED) is 0.355. The summed E-state index contributed by atoms with van der Waals surface area (Å²) in [5.41, 5.74) is -0.221. The molecule has 0 bridgehead atoms. The van der Waals surface area contributed by atoms with Gasteiger partial charge in [0, 0.05) is 6.07 Å². The number of benzene rings is 2. The molecule has 0 saturated carbocycles. The molecule has 3 rings (SSSR count). The SMILES string of the molecule is COc1ccc(N2C(=O)NC(=O)/C(=C\c3ccc(OC)c([N+](=O)[O-])c3)C2=O)cc1. The van der Waals surface area contributed by atoms with E-state index in [1.807, 2.05) is 0 Å². The summed E-state index contributed by atoms with van der Waals surface area (Å²) >= 11 is 0. The Hall–Kier alpha value is -4.21. The number of methoxy groups -OCH3 is 2. The minimum absolute atomic E-state index is 0.0339. The van der Waals surface area contributed by atoms with Gasteiger partial charge in [0.2, 0.25) is 0 Å². The van der Waals surface area contributed by atoms with Crippen molar-refractivity contribution in [2.75, 3.05) is 19.1 Å². The fourth-order valence-electron chi connectivity index (χ4n) is 2.73. The van der Waals surface area contributed by atoms with Gasteiger partial charge in [-0.3, -0.25) is 25.0 Å². The van der Waals surface area contributed by atoms with E-state index >= 15 is 0 Å². The van der Waals surface area contributed by atoms with Gasteiger partial charge in [0.05, 0.1) is 24.8 Å². The highest BCUT2D eigenvalue weighted by atomic mass is 16.6. The van der Waals surface area contributed by atoms with Crippen LogP contribution in [0.2, 0.25) is 0 Å². The van der Waals surface area contributed by atoms with Gasteiger partial charge in [0.15, 0.2) is 5.75 Å². The van der Waals surface area contributed by atoms with E-state index < -0.39 is 22.8 Å². The summed E-state index contributed by atoms with van der Waals surface area (Å²) < 4.78 is 9.97. The number of nitrogens with zero attached hydrogens (tertiary/aromatic N) is 2. The van der Waals surface area contributed by atoms with Crippen LogP contribution >= 0.6 is 0 Å². The second kappa shape index (κ2) is 7.80. The van der Waals surface area contributed by atoms with Gasteiger partial charge in [-0.25, -0.2) is 9.69 Å². The fourth-order valence-corrected chi connectivity index (χ4v) is 2.73. The van der Waals surface area contributed by atoms with E-state index in [4.69, 9.17) is 9.47 Å². The molecule has 0 aromatic heterocycles. The summed E-state index contributed by atoms with van der Waals surface area (Å²) in [6.45, 7) is 0. The largest absolute Gasteiger partial charge is 0.497 e. The van der Waals surface area contributed by atoms with Gasteiger partial charge in [-0.15, -0.1) is 0 Å². The zero-order chi connectivity index (χ0) is 21.1. The molecule has 29 heavy (non-hydrogen) atoms. The Kier molecular flexibility index (Phi) is 5.26. The van der Waals surface area contributed by atoms with Gasteiger partial charge in [-0.2, -0.15) is 0 Å². The number of hydrogen-bond donors (Lipinski definition) is 1. The van der Waals surface area contributed by atoms with Crippen LogP contribution in [-0.4, -0.2) is 37.0 Å². The van der Waals surface area contributed by atoms with Crippen molar-refractivity contribution in [3.8, 4) is 11.5 Å². The maximum atomic E-state index is 12.8. The number of nitro groups is 1. The second-order valence-electron chi connectivity index (χ2n) is 5.84. The maximum absolute atomic E-state index is 12.8. The van der Waals surface area contributed by atoms with E-state index in [2.05, 4.69) is 5.32 Å². The summed E-state index contributed by atoms with van der Waals surface area (Å²) in [5, 5.41) is 13.3. The molecule has 10 nitrogen and oxygen atoms in total. The maximum Gasteiger partial charge on any atom is 0.335 e. The number of carbonyl (C=O) groups is 3. The van der Waals surface area contributed by atoms with Crippen molar-refractivity contribution >= 4 is 35.3 Å². The van der Waals surface area contributed by atoms with E-state index in [0.29, 0.717) is 5.75 Å². The third-order valence-electron chi connectivity index (χ3n) is 4.14. The molecule has 1 aliphatic rings. The van der Waals surface area contributed by atoms with Crippen LogP contribution in [0, 0.1) is 10.1 Å². The average Bonchev–Trinajstić information content (AvgIpc) is 2.71. The van der Waals surface area contributed by atoms with Crippen molar-refractivity contribution in [3.63, 3.8) is 0 Å². The Morgan fingerprint density at radius 1 is 1.03 bits per heavy atom. The lowest BCUT2D eigenvalue weighted by atomic mass is 10.1. The number of anilines is 1. The van der Waals surface area contributed by atoms with Gasteiger partial charge in [-0.1, -0.05) is 6.07 Å². The summed E-state index contributed by atoms with van der Waals surface area (Å²) in [6.07, 6.45) is 1.17. The van der Waals surface area contributed by atoms with Crippen LogP contribution in [0.3, 0.4) is 0 Å². The predicted octanol–water partition coefficient (Wildman–Crippen LogP) is 2.28. The number of ether oxygens (including phenoxy) is 2. The van der Waals surface area contributed by atoms with Crippen molar-refractivity contribution in [2.45, 2.75) is 0 Å². The zero-order valence-corrected chi connectivity index (χ0v) is 15.4. The first kappa shape index (κ1) is 19.5. The Bertz CT molecular complexity index is 1040. The van der Waals surface area contributed by atoms with E-state index in [9.17, 15) is 24.5 Å². The van der Waals surface area contributed by atoms with Crippen molar-refractivity contribution in [1.29, 1.82) is 0 Å². The Morgan fingerprint density at radius 3 is 2.31 bits per heavy atom. The monoisotopic (exact) mass is 397 g/mol. The molecule has 1 heterocycles. The minimum Gasteiger partial charge on any atom is -0.497 e. The number of urea groups is 1. The van der Waals surface area contributed by atoms with E-state index in [1.54, 1.807) is 12.1 Å². The lowest BCUT2D eigenvalue weighted by Crippen LogP contribution is -2.54. The number of hydrogen-bond acceptors (Lipinski definition) is 7. The summed E-state index contributed by atoms with van der Waals surface area (Å²) in [6, 6.07) is 9.16. The first-order chi connectivity index (χ1) is 13.8. The molecule has 148 valence electrons. The molecule has 1 N–H and O–H groups in total. The number of amides is 4. The number of imide groups is 2. The van der Waals surface area contributed by atoms with Crippen molar-refractivity contribution in [3.05, 3.63) is 63.7 Å². The number of carbonyl (C=O) groups excluding carboxylic acids is 3. The summed E-state index contributed by atoms with van der Waals surface area (Å²) in [5.74, 6) is -1.20. The van der Waals surface area contributed by atoms with Crippen LogP contribution < -0.4 is 19.7 Å². The molecule has 1 fully saturated rings. The zero-order valence-electron chi connectivity index (χ0n) is 15.4. The number of rotatable bonds is 5. The van der Waals surface area contributed by atoms with Gasteiger partial charge >= 0.3 is 11.7 Å². The molecular weight excluding hydrogens is 382 g/mol. The lowest BCUT2D eigenvalue weighted by molar-refractivity contribution is -0.385. The second-order valence-corrected chi connectivity index (χ2v) is 5.84. The van der Waals surface area contributed by atoms with Gasteiger partial charge in [-0.05, 0) is 42.0 Å². The van der Waals surface area contributed by atoms with Crippen molar-refractivity contribution in [2.24, 2.45) is 0 Å². The molecular formula is C19H15N3O7. The highest BCUT2D eigenvalue weighted by molar-refractivity contribution is 6.39. The van der Waals surface area contributed by atoms with Crippen LogP contribution in [0.25, 0.3) is 6.08 Å². The number of nitro benzene ring substituents is 1. The average molecular weight is 397 g/mol. The van der Waals surface area contributed by atoms with E-state index in [-0.39, 0.29) is 28.3 Å². The Balaban J connectivity index is 2.01. The van der Waals surface area contributed by atoms with Crippen molar-refractivity contribution < 1.29 is 28.8 Å². The normalized spacial score (nSPS) is 15.3. The van der Waals surface area contributed by atoms with Gasteiger partial charge < -0.3 is 9.47 Å². The molecule has 2 aromatic carbocycles. The van der Waals surface area contributed by atoms with Crippen LogP contribution in [0.15, 0.2) is 48.0 Å².